The van der Waals surface area contributed by atoms with Crippen LogP contribution < -0.4 is 20.1 Å². The summed E-state index contributed by atoms with van der Waals surface area (Å²) in [6, 6.07) is 20.0. The normalized spacial score (nSPS) is 14.7. The van der Waals surface area contributed by atoms with Crippen LogP contribution in [-0.2, 0) is 11.2 Å². The van der Waals surface area contributed by atoms with Gasteiger partial charge in [0.25, 0.3) is 5.91 Å². The fraction of sp³-hybridized carbons (Fsp3) is 0.192. The van der Waals surface area contributed by atoms with E-state index in [4.69, 9.17) is 9.47 Å². The molecule has 6 nitrogen and oxygen atoms in total. The molecule has 4 aromatic rings. The maximum atomic E-state index is 13.7. The highest BCUT2D eigenvalue weighted by atomic mass is 35.5. The van der Waals surface area contributed by atoms with Gasteiger partial charge in [0.1, 0.15) is 5.82 Å². The molecular weight excluding hydrogens is 457 g/mol. The average molecular weight is 482 g/mol. The van der Waals surface area contributed by atoms with E-state index in [0.29, 0.717) is 11.5 Å². The summed E-state index contributed by atoms with van der Waals surface area (Å²) >= 11 is 0. The number of carbonyl (C=O) groups excluding carboxylic acids is 1. The summed E-state index contributed by atoms with van der Waals surface area (Å²) in [5.74, 6) is 0.0147. The number of halogens is 2. The molecule has 8 heteroatoms. The van der Waals surface area contributed by atoms with Crippen LogP contribution in [0.15, 0.2) is 66.7 Å². The van der Waals surface area contributed by atoms with Crippen molar-refractivity contribution in [2.45, 2.75) is 12.5 Å². The zero-order chi connectivity index (χ0) is 22.8. The minimum Gasteiger partial charge on any atom is -0.493 e. The van der Waals surface area contributed by atoms with E-state index in [-0.39, 0.29) is 30.7 Å². The van der Waals surface area contributed by atoms with Gasteiger partial charge in [0.15, 0.2) is 18.1 Å². The molecule has 34 heavy (non-hydrogen) atoms. The van der Waals surface area contributed by atoms with Gasteiger partial charge in [0, 0.05) is 23.1 Å². The minimum atomic E-state index is -0.496. The molecule has 2 heterocycles. The van der Waals surface area contributed by atoms with Crippen LogP contribution in [-0.4, -0.2) is 31.2 Å². The number of nitrogens with one attached hydrogen (secondary N) is 3. The van der Waals surface area contributed by atoms with Crippen LogP contribution in [0, 0.1) is 5.82 Å². The lowest BCUT2D eigenvalue weighted by molar-refractivity contribution is -0.118. The first-order valence-corrected chi connectivity index (χ1v) is 10.8. The van der Waals surface area contributed by atoms with Crippen molar-refractivity contribution in [3.05, 3.63) is 89.4 Å². The van der Waals surface area contributed by atoms with E-state index in [1.54, 1.807) is 25.3 Å². The van der Waals surface area contributed by atoms with Gasteiger partial charge in [-0.3, -0.25) is 4.79 Å². The molecule has 1 atom stereocenters. The third kappa shape index (κ3) is 4.58. The molecule has 1 aliphatic heterocycles. The molecule has 0 aliphatic carbocycles. The number of fused-ring (bicyclic) bond motifs is 3. The van der Waals surface area contributed by atoms with Gasteiger partial charge in [-0.15, -0.1) is 12.4 Å². The Morgan fingerprint density at radius 3 is 2.71 bits per heavy atom. The summed E-state index contributed by atoms with van der Waals surface area (Å²) in [4.78, 5) is 15.8. The SMILES string of the molecule is COc1cc(C2NCCc3c2[nH]c2ccccc32)ccc1OCC(=O)Nc1ccccc1F.Cl. The molecule has 5 rings (SSSR count). The fourth-order valence-corrected chi connectivity index (χ4v) is 4.34. The molecule has 1 aliphatic rings. The molecule has 0 radical (unpaired) electrons. The van der Waals surface area contributed by atoms with Gasteiger partial charge in [-0.05, 0) is 47.9 Å². The van der Waals surface area contributed by atoms with Gasteiger partial charge in [-0.1, -0.05) is 36.4 Å². The Morgan fingerprint density at radius 2 is 1.88 bits per heavy atom. The molecule has 1 aromatic heterocycles. The number of aromatic amines is 1. The van der Waals surface area contributed by atoms with Gasteiger partial charge < -0.3 is 25.1 Å². The van der Waals surface area contributed by atoms with E-state index in [9.17, 15) is 9.18 Å². The second-order valence-corrected chi connectivity index (χ2v) is 7.93. The van der Waals surface area contributed by atoms with Gasteiger partial charge in [-0.25, -0.2) is 4.39 Å². The molecule has 0 saturated carbocycles. The predicted octanol–water partition coefficient (Wildman–Crippen LogP) is 4.99. The number of benzene rings is 3. The van der Waals surface area contributed by atoms with E-state index < -0.39 is 11.7 Å². The number of hydrogen-bond donors (Lipinski definition) is 3. The van der Waals surface area contributed by atoms with Crippen LogP contribution in [0.5, 0.6) is 11.5 Å². The highest BCUT2D eigenvalue weighted by Gasteiger charge is 2.26. The Kier molecular flexibility index (Phi) is 7.05. The molecule has 176 valence electrons. The summed E-state index contributed by atoms with van der Waals surface area (Å²) in [5, 5.41) is 7.35. The summed E-state index contributed by atoms with van der Waals surface area (Å²) in [7, 11) is 1.56. The number of anilines is 1. The molecule has 0 fully saturated rings. The van der Waals surface area contributed by atoms with Crippen LogP contribution in [0.25, 0.3) is 10.9 Å². The van der Waals surface area contributed by atoms with Crippen LogP contribution in [0.3, 0.4) is 0 Å². The van der Waals surface area contributed by atoms with Crippen LogP contribution in [0.2, 0.25) is 0 Å². The molecule has 0 saturated heterocycles. The Hall–Kier alpha value is -3.55. The smallest absolute Gasteiger partial charge is 0.262 e. The van der Waals surface area contributed by atoms with Crippen molar-refractivity contribution in [1.82, 2.24) is 10.3 Å². The van der Waals surface area contributed by atoms with Gasteiger partial charge in [0.2, 0.25) is 0 Å². The third-order valence-electron chi connectivity index (χ3n) is 5.89. The first-order valence-electron chi connectivity index (χ1n) is 10.8. The highest BCUT2D eigenvalue weighted by molar-refractivity contribution is 5.92. The number of carbonyl (C=O) groups is 1. The van der Waals surface area contributed by atoms with Crippen LogP contribution in [0.1, 0.15) is 22.9 Å². The van der Waals surface area contributed by atoms with Crippen molar-refractivity contribution in [3.63, 3.8) is 0 Å². The zero-order valence-electron chi connectivity index (χ0n) is 18.6. The fourth-order valence-electron chi connectivity index (χ4n) is 4.34. The number of aromatic nitrogens is 1. The lowest BCUT2D eigenvalue weighted by Crippen LogP contribution is -2.30. The molecule has 1 amide bonds. The number of para-hydroxylation sites is 2. The van der Waals surface area contributed by atoms with Crippen molar-refractivity contribution < 1.29 is 18.7 Å². The average Bonchev–Trinajstić information content (AvgIpc) is 3.23. The number of amides is 1. The van der Waals surface area contributed by atoms with E-state index >= 15 is 0 Å². The Balaban J connectivity index is 0.00000274. The summed E-state index contributed by atoms with van der Waals surface area (Å²) in [5.41, 5.74) is 4.76. The van der Waals surface area contributed by atoms with E-state index in [1.807, 2.05) is 18.2 Å². The Morgan fingerprint density at radius 1 is 1.09 bits per heavy atom. The van der Waals surface area contributed by atoms with E-state index in [1.165, 1.54) is 23.1 Å². The topological polar surface area (TPSA) is 75.4 Å². The van der Waals surface area contributed by atoms with Crippen molar-refractivity contribution in [3.8, 4) is 11.5 Å². The lowest BCUT2D eigenvalue weighted by atomic mass is 9.94. The maximum absolute atomic E-state index is 13.7. The maximum Gasteiger partial charge on any atom is 0.262 e. The summed E-state index contributed by atoms with van der Waals surface area (Å²) in [6.45, 7) is 0.605. The molecular formula is C26H25ClFN3O3. The van der Waals surface area contributed by atoms with Gasteiger partial charge >= 0.3 is 0 Å². The third-order valence-corrected chi connectivity index (χ3v) is 5.89. The monoisotopic (exact) mass is 481 g/mol. The second-order valence-electron chi connectivity index (χ2n) is 7.93. The zero-order valence-corrected chi connectivity index (χ0v) is 19.4. The van der Waals surface area contributed by atoms with Crippen molar-refractivity contribution in [1.29, 1.82) is 0 Å². The van der Waals surface area contributed by atoms with E-state index in [0.717, 1.165) is 29.7 Å². The van der Waals surface area contributed by atoms with Gasteiger partial charge in [-0.2, -0.15) is 0 Å². The first kappa shape index (κ1) is 23.6. The molecule has 3 N–H and O–H groups in total. The number of methoxy groups -OCH3 is 1. The van der Waals surface area contributed by atoms with Crippen molar-refractivity contribution >= 4 is 34.9 Å². The van der Waals surface area contributed by atoms with Crippen molar-refractivity contribution in [2.75, 3.05) is 25.6 Å². The minimum absolute atomic E-state index is 0. The van der Waals surface area contributed by atoms with Crippen LogP contribution >= 0.6 is 12.4 Å². The lowest BCUT2D eigenvalue weighted by Gasteiger charge is -2.25. The van der Waals surface area contributed by atoms with Gasteiger partial charge in [0.05, 0.1) is 18.8 Å². The number of H-pyrrole nitrogens is 1. The number of hydrogen-bond acceptors (Lipinski definition) is 4. The Bertz CT molecular complexity index is 1320. The number of ether oxygens (including phenoxy) is 2. The largest absolute Gasteiger partial charge is 0.493 e. The second kappa shape index (κ2) is 10.2. The van der Waals surface area contributed by atoms with E-state index in [2.05, 4.69) is 33.8 Å². The highest BCUT2D eigenvalue weighted by Crippen LogP contribution is 2.37. The number of rotatable bonds is 6. The summed E-state index contributed by atoms with van der Waals surface area (Å²) < 4.78 is 25.0. The first-order chi connectivity index (χ1) is 16.1. The predicted molar refractivity (Wildman–Crippen MR) is 133 cm³/mol. The standard InChI is InChI=1S/C26H24FN3O3.ClH/c1-32-23-14-16(25-26-18(12-13-28-25)17-6-2-4-8-20(17)30-26)10-11-22(23)33-15-24(31)29-21-9-5-3-7-19(21)27;/h2-11,14,25,28,30H,12-13,15H2,1H3,(H,29,31);1H. The molecule has 1 unspecified atom stereocenters. The summed E-state index contributed by atoms with van der Waals surface area (Å²) in [6.07, 6.45) is 0.964. The quantitative estimate of drug-likeness (QED) is 0.362. The molecule has 0 spiro atoms. The molecule has 3 aromatic carbocycles. The van der Waals surface area contributed by atoms with Crippen molar-refractivity contribution in [2.24, 2.45) is 0 Å². The Labute approximate surface area is 202 Å². The molecule has 0 bridgehead atoms. The van der Waals surface area contributed by atoms with Crippen LogP contribution in [0.4, 0.5) is 10.1 Å².